The molecule has 5 nitrogen and oxygen atoms in total. The number of para-hydroxylation sites is 3. The molecule has 1 aromatic heterocycles. The van der Waals surface area contributed by atoms with Gasteiger partial charge >= 0.3 is 0 Å². The van der Waals surface area contributed by atoms with Crippen molar-refractivity contribution in [2.45, 2.75) is 12.8 Å². The number of H-pyrrole nitrogens is 1. The third kappa shape index (κ3) is 3.22. The van der Waals surface area contributed by atoms with Crippen LogP contribution in [0.1, 0.15) is 11.4 Å². The summed E-state index contributed by atoms with van der Waals surface area (Å²) in [7, 11) is 1.85. The van der Waals surface area contributed by atoms with E-state index in [-0.39, 0.29) is 11.8 Å². The Hall–Kier alpha value is -2.82. The van der Waals surface area contributed by atoms with Gasteiger partial charge in [-0.1, -0.05) is 30.3 Å². The van der Waals surface area contributed by atoms with Gasteiger partial charge in [-0.15, -0.1) is 0 Å². The van der Waals surface area contributed by atoms with E-state index in [9.17, 15) is 4.79 Å². The van der Waals surface area contributed by atoms with Gasteiger partial charge in [-0.3, -0.25) is 4.79 Å². The molecule has 0 aliphatic carbocycles. The number of likely N-dealkylation sites (N-methyl/N-ethyl adjacent to an activating group) is 1. The fourth-order valence-corrected chi connectivity index (χ4v) is 3.31. The Labute approximate surface area is 146 Å². The zero-order valence-corrected chi connectivity index (χ0v) is 14.2. The Bertz CT molecular complexity index is 870. The molecule has 0 fully saturated rings. The van der Waals surface area contributed by atoms with E-state index in [2.05, 4.69) is 9.97 Å². The molecule has 0 saturated carbocycles. The Morgan fingerprint density at radius 3 is 2.92 bits per heavy atom. The molecule has 1 N–H and O–H groups in total. The van der Waals surface area contributed by atoms with E-state index in [1.54, 1.807) is 4.90 Å². The summed E-state index contributed by atoms with van der Waals surface area (Å²) in [6, 6.07) is 15.9. The van der Waals surface area contributed by atoms with Crippen LogP contribution >= 0.6 is 0 Å². The van der Waals surface area contributed by atoms with Gasteiger partial charge in [0.2, 0.25) is 5.91 Å². The molecule has 5 heteroatoms. The number of nitrogens with one attached hydrogen (secondary N) is 1. The molecular formula is C20H21N3O2. The molecule has 25 heavy (non-hydrogen) atoms. The van der Waals surface area contributed by atoms with Crippen molar-refractivity contribution in [1.29, 1.82) is 0 Å². The quantitative estimate of drug-likeness (QED) is 0.797. The molecule has 0 radical (unpaired) electrons. The van der Waals surface area contributed by atoms with Gasteiger partial charge in [0.15, 0.2) is 0 Å². The predicted molar refractivity (Wildman–Crippen MR) is 96.6 cm³/mol. The third-order valence-electron chi connectivity index (χ3n) is 4.73. The summed E-state index contributed by atoms with van der Waals surface area (Å²) in [4.78, 5) is 22.4. The lowest BCUT2D eigenvalue weighted by Crippen LogP contribution is -2.39. The molecule has 0 saturated heterocycles. The van der Waals surface area contributed by atoms with Crippen molar-refractivity contribution in [3.63, 3.8) is 0 Å². The molecule has 1 aliphatic rings. The summed E-state index contributed by atoms with van der Waals surface area (Å²) in [5.41, 5.74) is 3.10. The lowest BCUT2D eigenvalue weighted by atomic mass is 9.95. The fourth-order valence-electron chi connectivity index (χ4n) is 3.31. The van der Waals surface area contributed by atoms with Crippen LogP contribution in [0.4, 0.5) is 0 Å². The number of hydrogen-bond acceptors (Lipinski definition) is 3. The number of carbonyl (C=O) groups excluding carboxylic acids is 1. The molecule has 0 unspecified atom stereocenters. The maximum atomic E-state index is 12.7. The van der Waals surface area contributed by atoms with Crippen molar-refractivity contribution >= 4 is 16.9 Å². The fraction of sp³-hybridized carbons (Fsp3) is 0.300. The van der Waals surface area contributed by atoms with Crippen molar-refractivity contribution in [3.8, 4) is 5.75 Å². The van der Waals surface area contributed by atoms with Crippen molar-refractivity contribution < 1.29 is 9.53 Å². The van der Waals surface area contributed by atoms with Gasteiger partial charge in [0.05, 0.1) is 17.0 Å². The number of fused-ring (bicyclic) bond motifs is 2. The lowest BCUT2D eigenvalue weighted by Gasteiger charge is -2.28. The van der Waals surface area contributed by atoms with E-state index in [1.165, 1.54) is 0 Å². The second-order valence-electron chi connectivity index (χ2n) is 6.53. The zero-order chi connectivity index (χ0) is 17.2. The third-order valence-corrected chi connectivity index (χ3v) is 4.73. The molecule has 3 aromatic rings. The van der Waals surface area contributed by atoms with Crippen molar-refractivity contribution in [2.24, 2.45) is 5.92 Å². The number of rotatable bonds is 4. The molecular weight excluding hydrogens is 314 g/mol. The SMILES string of the molecule is CN(CCc1nc2ccccc2[nH]1)C(=O)[C@@H]1COc2ccccc2C1. The molecule has 1 aliphatic heterocycles. The summed E-state index contributed by atoms with van der Waals surface area (Å²) in [5, 5.41) is 0. The predicted octanol–water partition coefficient (Wildman–Crippen LogP) is 2.82. The van der Waals surface area contributed by atoms with Gasteiger partial charge in [-0.25, -0.2) is 4.98 Å². The Morgan fingerprint density at radius 1 is 1.24 bits per heavy atom. The highest BCUT2D eigenvalue weighted by Gasteiger charge is 2.28. The number of nitrogens with zero attached hydrogens (tertiary/aromatic N) is 2. The maximum Gasteiger partial charge on any atom is 0.229 e. The van der Waals surface area contributed by atoms with Gasteiger partial charge in [-0.05, 0) is 30.2 Å². The van der Waals surface area contributed by atoms with Gasteiger partial charge in [0.25, 0.3) is 0 Å². The molecule has 2 aromatic carbocycles. The minimum atomic E-state index is -0.115. The number of aromatic amines is 1. The molecule has 0 bridgehead atoms. The van der Waals surface area contributed by atoms with Crippen molar-refractivity contribution in [3.05, 3.63) is 59.9 Å². The summed E-state index contributed by atoms with van der Waals surface area (Å²) in [6.45, 7) is 1.08. The maximum absolute atomic E-state index is 12.7. The van der Waals surface area contributed by atoms with Crippen LogP contribution in [-0.4, -0.2) is 41.0 Å². The first-order chi connectivity index (χ1) is 12.2. The van der Waals surface area contributed by atoms with Crippen LogP contribution in [0.2, 0.25) is 0 Å². The molecule has 1 amide bonds. The molecule has 128 valence electrons. The highest BCUT2D eigenvalue weighted by molar-refractivity contribution is 5.79. The number of aromatic nitrogens is 2. The van der Waals surface area contributed by atoms with Crippen LogP contribution in [0.3, 0.4) is 0 Å². The molecule has 2 heterocycles. The highest BCUT2D eigenvalue weighted by atomic mass is 16.5. The monoisotopic (exact) mass is 335 g/mol. The molecule has 0 spiro atoms. The van der Waals surface area contributed by atoms with Crippen LogP contribution in [0.5, 0.6) is 5.75 Å². The van der Waals surface area contributed by atoms with Gasteiger partial charge in [0.1, 0.15) is 18.2 Å². The summed E-state index contributed by atoms with van der Waals surface area (Å²) in [5.74, 6) is 1.82. The van der Waals surface area contributed by atoms with E-state index in [4.69, 9.17) is 4.74 Å². The van der Waals surface area contributed by atoms with E-state index in [1.807, 2.05) is 55.6 Å². The largest absolute Gasteiger partial charge is 0.492 e. The standard InChI is InChI=1S/C20H21N3O2/c1-23(11-10-19-21-16-7-3-4-8-17(16)22-19)20(24)15-12-14-6-2-5-9-18(14)25-13-15/h2-9,15H,10-13H2,1H3,(H,21,22)/t15-/m0/s1. The topological polar surface area (TPSA) is 58.2 Å². The van der Waals surface area contributed by atoms with E-state index in [0.29, 0.717) is 19.6 Å². The van der Waals surface area contributed by atoms with Crippen molar-refractivity contribution in [1.82, 2.24) is 14.9 Å². The number of imidazole rings is 1. The normalized spacial score (nSPS) is 16.3. The number of hydrogen-bond donors (Lipinski definition) is 1. The number of amides is 1. The average Bonchev–Trinajstić information content (AvgIpc) is 3.08. The first-order valence-electron chi connectivity index (χ1n) is 8.60. The van der Waals surface area contributed by atoms with Crippen LogP contribution < -0.4 is 4.74 Å². The number of ether oxygens (including phenoxy) is 1. The van der Waals surface area contributed by atoms with Crippen molar-refractivity contribution in [2.75, 3.05) is 20.2 Å². The first kappa shape index (κ1) is 15.7. The summed E-state index contributed by atoms with van der Waals surface area (Å²) >= 11 is 0. The van der Waals surface area contributed by atoms with Crippen LogP contribution in [0.15, 0.2) is 48.5 Å². The van der Waals surface area contributed by atoms with Gasteiger partial charge in [-0.2, -0.15) is 0 Å². The first-order valence-corrected chi connectivity index (χ1v) is 8.60. The van der Waals surface area contributed by atoms with Crippen LogP contribution in [0, 0.1) is 5.92 Å². The Morgan fingerprint density at radius 2 is 2.04 bits per heavy atom. The molecule has 1 atom stereocenters. The molecule has 4 rings (SSSR count). The van der Waals surface area contributed by atoms with Gasteiger partial charge < -0.3 is 14.6 Å². The zero-order valence-electron chi connectivity index (χ0n) is 14.2. The van der Waals surface area contributed by atoms with Gasteiger partial charge in [0, 0.05) is 20.0 Å². The summed E-state index contributed by atoms with van der Waals surface area (Å²) in [6.07, 6.45) is 1.45. The summed E-state index contributed by atoms with van der Waals surface area (Å²) < 4.78 is 5.74. The minimum absolute atomic E-state index is 0.115. The smallest absolute Gasteiger partial charge is 0.229 e. The highest BCUT2D eigenvalue weighted by Crippen LogP contribution is 2.27. The number of benzene rings is 2. The Kier molecular flexibility index (Phi) is 4.14. The van der Waals surface area contributed by atoms with E-state index >= 15 is 0 Å². The Balaban J connectivity index is 1.38. The van der Waals surface area contributed by atoms with Crippen LogP contribution in [-0.2, 0) is 17.6 Å². The number of carbonyl (C=O) groups is 1. The van der Waals surface area contributed by atoms with Crippen LogP contribution in [0.25, 0.3) is 11.0 Å². The average molecular weight is 335 g/mol. The lowest BCUT2D eigenvalue weighted by molar-refractivity contribution is -0.135. The second kappa shape index (κ2) is 6.59. The van der Waals surface area contributed by atoms with E-state index in [0.717, 1.165) is 34.6 Å². The van der Waals surface area contributed by atoms with E-state index < -0.39 is 0 Å². The minimum Gasteiger partial charge on any atom is -0.492 e. The second-order valence-corrected chi connectivity index (χ2v) is 6.53.